The molecule has 1 aromatic heterocycles. The number of hydrogen-bond acceptors (Lipinski definition) is 4. The van der Waals surface area contributed by atoms with Crippen molar-refractivity contribution in [1.82, 2.24) is 9.88 Å². The first-order valence-electron chi connectivity index (χ1n) is 7.90. The molecule has 1 atom stereocenters. The van der Waals surface area contributed by atoms with Gasteiger partial charge in [-0.3, -0.25) is 4.90 Å². The van der Waals surface area contributed by atoms with Crippen LogP contribution >= 0.6 is 0 Å². The molecule has 1 aromatic rings. The van der Waals surface area contributed by atoms with Crippen LogP contribution in [0.2, 0.25) is 0 Å². The summed E-state index contributed by atoms with van der Waals surface area (Å²) in [6.45, 7) is 11.7. The van der Waals surface area contributed by atoms with Crippen LogP contribution in [-0.2, 0) is 13.0 Å². The average molecular weight is 276 g/mol. The van der Waals surface area contributed by atoms with E-state index in [1.54, 1.807) is 0 Å². The highest BCUT2D eigenvalue weighted by Crippen LogP contribution is 2.23. The fourth-order valence-corrected chi connectivity index (χ4v) is 3.08. The number of anilines is 1. The molecular weight excluding hydrogens is 248 g/mol. The van der Waals surface area contributed by atoms with E-state index in [0.29, 0.717) is 12.6 Å². The number of aromatic nitrogens is 1. The number of pyridine rings is 1. The number of hydrogen-bond donors (Lipinski definition) is 1. The van der Waals surface area contributed by atoms with Gasteiger partial charge in [0.15, 0.2) is 0 Å². The number of nitrogens with zero attached hydrogens (tertiary/aromatic N) is 3. The number of nitrogens with two attached hydrogens (primary N) is 1. The third-order valence-electron chi connectivity index (χ3n) is 4.34. The maximum Gasteiger partial charge on any atom is 0.129 e. The summed E-state index contributed by atoms with van der Waals surface area (Å²) >= 11 is 0. The molecule has 2 rings (SSSR count). The molecule has 0 aliphatic carbocycles. The summed E-state index contributed by atoms with van der Waals surface area (Å²) < 4.78 is 0. The third-order valence-corrected chi connectivity index (χ3v) is 4.34. The van der Waals surface area contributed by atoms with Gasteiger partial charge in [0.25, 0.3) is 0 Å². The van der Waals surface area contributed by atoms with Crippen molar-refractivity contribution >= 4 is 5.82 Å². The van der Waals surface area contributed by atoms with Crippen LogP contribution in [0.5, 0.6) is 0 Å². The molecule has 4 nitrogen and oxygen atoms in total. The van der Waals surface area contributed by atoms with Gasteiger partial charge in [-0.2, -0.15) is 0 Å². The highest BCUT2D eigenvalue weighted by Gasteiger charge is 2.27. The van der Waals surface area contributed by atoms with Crippen molar-refractivity contribution in [3.8, 4) is 0 Å². The first-order chi connectivity index (χ1) is 9.71. The lowest BCUT2D eigenvalue weighted by Crippen LogP contribution is -2.37. The molecule has 1 aliphatic heterocycles. The van der Waals surface area contributed by atoms with Crippen LogP contribution in [0.3, 0.4) is 0 Å². The van der Waals surface area contributed by atoms with Crippen molar-refractivity contribution in [3.05, 3.63) is 23.4 Å². The average Bonchev–Trinajstić information content (AvgIpc) is 2.97. The molecule has 0 saturated carbocycles. The summed E-state index contributed by atoms with van der Waals surface area (Å²) in [5.41, 5.74) is 8.15. The maximum atomic E-state index is 5.81. The van der Waals surface area contributed by atoms with E-state index in [1.165, 1.54) is 12.0 Å². The third kappa shape index (κ3) is 3.30. The van der Waals surface area contributed by atoms with E-state index < -0.39 is 0 Å². The van der Waals surface area contributed by atoms with Crippen LogP contribution in [-0.4, -0.2) is 42.1 Å². The molecule has 4 heteroatoms. The zero-order valence-corrected chi connectivity index (χ0v) is 13.1. The minimum Gasteiger partial charge on any atom is -0.355 e. The second-order valence-electron chi connectivity index (χ2n) is 5.49. The fourth-order valence-electron chi connectivity index (χ4n) is 3.08. The van der Waals surface area contributed by atoms with Crippen molar-refractivity contribution in [1.29, 1.82) is 0 Å². The molecule has 1 aliphatic rings. The van der Waals surface area contributed by atoms with E-state index in [9.17, 15) is 0 Å². The van der Waals surface area contributed by atoms with Crippen LogP contribution in [0.15, 0.2) is 12.1 Å². The van der Waals surface area contributed by atoms with Gasteiger partial charge >= 0.3 is 0 Å². The van der Waals surface area contributed by atoms with Crippen molar-refractivity contribution in [3.63, 3.8) is 0 Å². The predicted octanol–water partition coefficient (Wildman–Crippen LogP) is 2.02. The van der Waals surface area contributed by atoms with Crippen LogP contribution < -0.4 is 10.6 Å². The zero-order chi connectivity index (χ0) is 14.5. The Morgan fingerprint density at radius 2 is 2.05 bits per heavy atom. The Kier molecular flexibility index (Phi) is 5.38. The van der Waals surface area contributed by atoms with Gasteiger partial charge < -0.3 is 10.6 Å². The molecule has 1 fully saturated rings. The van der Waals surface area contributed by atoms with Crippen molar-refractivity contribution in [2.24, 2.45) is 5.73 Å². The largest absolute Gasteiger partial charge is 0.355 e. The van der Waals surface area contributed by atoms with Gasteiger partial charge in [0.2, 0.25) is 0 Å². The Hall–Kier alpha value is -1.13. The van der Waals surface area contributed by atoms with Crippen LogP contribution in [0.1, 0.15) is 38.4 Å². The highest BCUT2D eigenvalue weighted by molar-refractivity contribution is 5.44. The Morgan fingerprint density at radius 1 is 1.30 bits per heavy atom. The molecule has 1 unspecified atom stereocenters. The zero-order valence-electron chi connectivity index (χ0n) is 13.1. The number of aryl methyl sites for hydroxylation is 1. The molecule has 20 heavy (non-hydrogen) atoms. The predicted molar refractivity (Wildman–Crippen MR) is 85.0 cm³/mol. The molecule has 1 saturated heterocycles. The molecule has 0 spiro atoms. The molecule has 112 valence electrons. The van der Waals surface area contributed by atoms with Gasteiger partial charge in [-0.25, -0.2) is 4.98 Å². The molecule has 0 bridgehead atoms. The lowest BCUT2D eigenvalue weighted by molar-refractivity contribution is 0.232. The normalized spacial score (nSPS) is 19.1. The Labute approximate surface area is 123 Å². The Bertz CT molecular complexity index is 406. The molecule has 0 aromatic carbocycles. The van der Waals surface area contributed by atoms with Crippen LogP contribution in [0.4, 0.5) is 5.82 Å². The van der Waals surface area contributed by atoms with E-state index in [0.717, 1.165) is 44.1 Å². The second-order valence-corrected chi connectivity index (χ2v) is 5.49. The van der Waals surface area contributed by atoms with Gasteiger partial charge in [0.05, 0.1) is 0 Å². The van der Waals surface area contributed by atoms with Gasteiger partial charge in [-0.05, 0) is 43.6 Å². The topological polar surface area (TPSA) is 45.4 Å². The standard InChI is InChI=1S/C16H28N4/c1-4-14-9-13(11-17)10-16(18-14)20-8-7-15(12-20)19(5-2)6-3/h9-10,15H,4-8,11-12,17H2,1-3H3. The lowest BCUT2D eigenvalue weighted by atomic mass is 10.2. The van der Waals surface area contributed by atoms with Crippen molar-refractivity contribution in [2.45, 2.75) is 46.2 Å². The Balaban J connectivity index is 2.13. The molecular formula is C16H28N4. The van der Waals surface area contributed by atoms with E-state index in [4.69, 9.17) is 10.7 Å². The summed E-state index contributed by atoms with van der Waals surface area (Å²) in [5, 5.41) is 0. The SMILES string of the molecule is CCc1cc(CN)cc(N2CCC(N(CC)CC)C2)n1. The van der Waals surface area contributed by atoms with Crippen LogP contribution in [0, 0.1) is 0 Å². The summed E-state index contributed by atoms with van der Waals surface area (Å²) in [5.74, 6) is 1.11. The van der Waals surface area contributed by atoms with E-state index in [1.807, 2.05) is 0 Å². The van der Waals surface area contributed by atoms with Gasteiger partial charge in [0.1, 0.15) is 5.82 Å². The van der Waals surface area contributed by atoms with Crippen molar-refractivity contribution < 1.29 is 0 Å². The summed E-state index contributed by atoms with van der Waals surface area (Å²) in [4.78, 5) is 9.75. The Morgan fingerprint density at radius 3 is 2.65 bits per heavy atom. The molecule has 2 heterocycles. The summed E-state index contributed by atoms with van der Waals surface area (Å²) in [7, 11) is 0. The lowest BCUT2D eigenvalue weighted by Gasteiger charge is -2.26. The fraction of sp³-hybridized carbons (Fsp3) is 0.688. The molecule has 0 amide bonds. The van der Waals surface area contributed by atoms with E-state index in [2.05, 4.69) is 42.7 Å². The van der Waals surface area contributed by atoms with Gasteiger partial charge in [-0.1, -0.05) is 20.8 Å². The molecule has 2 N–H and O–H groups in total. The number of rotatable bonds is 6. The first-order valence-corrected chi connectivity index (χ1v) is 7.90. The summed E-state index contributed by atoms with van der Waals surface area (Å²) in [6, 6.07) is 4.95. The van der Waals surface area contributed by atoms with E-state index >= 15 is 0 Å². The summed E-state index contributed by atoms with van der Waals surface area (Å²) in [6.07, 6.45) is 2.20. The molecule has 0 radical (unpaired) electrons. The highest BCUT2D eigenvalue weighted by atomic mass is 15.3. The first kappa shape index (κ1) is 15.3. The van der Waals surface area contributed by atoms with Crippen molar-refractivity contribution in [2.75, 3.05) is 31.1 Å². The van der Waals surface area contributed by atoms with Gasteiger partial charge in [-0.15, -0.1) is 0 Å². The number of likely N-dealkylation sites (N-methyl/N-ethyl adjacent to an activating group) is 1. The quantitative estimate of drug-likeness (QED) is 0.863. The van der Waals surface area contributed by atoms with Crippen LogP contribution in [0.25, 0.3) is 0 Å². The van der Waals surface area contributed by atoms with Gasteiger partial charge in [0, 0.05) is 31.4 Å². The maximum absolute atomic E-state index is 5.81. The monoisotopic (exact) mass is 276 g/mol. The minimum absolute atomic E-state index is 0.593. The smallest absolute Gasteiger partial charge is 0.129 e. The van der Waals surface area contributed by atoms with E-state index in [-0.39, 0.29) is 0 Å². The minimum atomic E-state index is 0.593. The second kappa shape index (κ2) is 7.04.